The Kier molecular flexibility index (Phi) is 6.31. The van der Waals surface area contributed by atoms with Gasteiger partial charge in [-0.1, -0.05) is 12.1 Å². The Labute approximate surface area is 202 Å². The Morgan fingerprint density at radius 1 is 1.16 bits per heavy atom. The number of aromatic nitrogens is 3. The summed E-state index contributed by atoms with van der Waals surface area (Å²) < 4.78 is 4.19. The summed E-state index contributed by atoms with van der Waals surface area (Å²) in [5.41, 5.74) is 0.999. The number of nitrogens with one attached hydrogen (secondary N) is 1. The summed E-state index contributed by atoms with van der Waals surface area (Å²) in [6.07, 6.45) is 2.91. The smallest absolute Gasteiger partial charge is 0.336 e. The van der Waals surface area contributed by atoms with Crippen LogP contribution in [0.4, 0.5) is 0 Å². The van der Waals surface area contributed by atoms with Crippen molar-refractivity contribution >= 4 is 53.9 Å². The van der Waals surface area contributed by atoms with Crippen molar-refractivity contribution in [3.8, 4) is 5.88 Å². The molecule has 11 heteroatoms. The second-order valence-electron chi connectivity index (χ2n) is 7.03. The van der Waals surface area contributed by atoms with Crippen molar-refractivity contribution in [2.45, 2.75) is 20.0 Å². The van der Waals surface area contributed by atoms with E-state index in [-0.39, 0.29) is 24.9 Å². The number of benzene rings is 1. The molecule has 1 amide bonds. The Hall–Kier alpha value is -2.76. The number of aryl methyl sites for hydroxylation is 1. The molecule has 0 aliphatic heterocycles. The molecule has 0 radical (unpaired) electrons. The largest absolute Gasteiger partial charge is 0.493 e. The zero-order valence-corrected chi connectivity index (χ0v) is 20.6. The van der Waals surface area contributed by atoms with Crippen LogP contribution in [-0.2, 0) is 13.1 Å². The van der Waals surface area contributed by atoms with Crippen molar-refractivity contribution < 1.29 is 9.90 Å². The van der Waals surface area contributed by atoms with Crippen molar-refractivity contribution in [3.63, 3.8) is 0 Å². The fourth-order valence-electron chi connectivity index (χ4n) is 3.12. The molecule has 0 saturated carbocycles. The molecule has 0 atom stereocenters. The molecular weight excluding hydrogens is 564 g/mol. The third kappa shape index (κ3) is 4.41. The molecule has 0 aliphatic carbocycles. The van der Waals surface area contributed by atoms with Gasteiger partial charge in [-0.25, -0.2) is 9.78 Å². The van der Waals surface area contributed by atoms with Gasteiger partial charge in [0.25, 0.3) is 11.5 Å². The van der Waals surface area contributed by atoms with Gasteiger partial charge in [0.2, 0.25) is 5.88 Å². The van der Waals surface area contributed by atoms with Crippen LogP contribution in [0.25, 0.3) is 4.83 Å². The Bertz CT molecular complexity index is 1460. The fraction of sp³-hybridized carbons (Fsp3) is 0.143. The highest BCUT2D eigenvalue weighted by Gasteiger charge is 2.18. The average Bonchev–Trinajstić information content (AvgIpc) is 3.23. The number of rotatable bonds is 5. The van der Waals surface area contributed by atoms with Crippen LogP contribution in [0.3, 0.4) is 0 Å². The number of carbonyl (C=O) groups is 1. The second-order valence-corrected chi connectivity index (χ2v) is 9.76. The van der Waals surface area contributed by atoms with Crippen LogP contribution >= 0.6 is 43.2 Å². The van der Waals surface area contributed by atoms with Crippen LogP contribution in [0.2, 0.25) is 0 Å². The van der Waals surface area contributed by atoms with E-state index in [1.807, 2.05) is 18.2 Å². The molecule has 0 unspecified atom stereocenters. The third-order valence-corrected chi connectivity index (χ3v) is 7.89. The maximum Gasteiger partial charge on any atom is 0.336 e. The molecule has 0 fully saturated rings. The van der Waals surface area contributed by atoms with Crippen LogP contribution in [0.15, 0.2) is 61.3 Å². The fourth-order valence-corrected chi connectivity index (χ4v) is 4.80. The summed E-state index contributed by atoms with van der Waals surface area (Å²) in [5.74, 6) is -0.474. The maximum absolute atomic E-state index is 13.1. The average molecular weight is 580 g/mol. The van der Waals surface area contributed by atoms with E-state index in [0.717, 1.165) is 30.4 Å². The molecule has 1 aromatic carbocycles. The molecular formula is C21H16Br2N4O4S. The standard InChI is InChI=1S/C21H16Br2N4O4S/c1-11-19(30)26(9-12-2-4-14(22)15(23)6-12)21(31)27-10-16(32-20(11)27)18(29)25-8-13-3-5-17(28)24-7-13/h2-7,10H,8-9H2,1H3,(H,24,28)(H,25,29). The minimum Gasteiger partial charge on any atom is -0.493 e. The number of amides is 1. The van der Waals surface area contributed by atoms with E-state index in [0.29, 0.717) is 20.8 Å². The zero-order chi connectivity index (χ0) is 23.0. The first-order chi connectivity index (χ1) is 15.2. The molecule has 3 heterocycles. The third-order valence-electron chi connectivity index (χ3n) is 4.81. The van der Waals surface area contributed by atoms with Gasteiger partial charge >= 0.3 is 5.69 Å². The van der Waals surface area contributed by atoms with Gasteiger partial charge in [-0.2, -0.15) is 0 Å². The number of hydrogen-bond acceptors (Lipinski definition) is 6. The lowest BCUT2D eigenvalue weighted by atomic mass is 10.2. The van der Waals surface area contributed by atoms with Crippen molar-refractivity contribution in [2.24, 2.45) is 0 Å². The first-order valence-electron chi connectivity index (χ1n) is 9.36. The molecule has 3 aromatic heterocycles. The number of aromatic hydroxyl groups is 1. The van der Waals surface area contributed by atoms with Crippen molar-refractivity contribution in [1.82, 2.24) is 19.3 Å². The van der Waals surface area contributed by atoms with Gasteiger partial charge in [-0.3, -0.25) is 18.6 Å². The summed E-state index contributed by atoms with van der Waals surface area (Å²) in [6, 6.07) is 8.59. The van der Waals surface area contributed by atoms with Crippen LogP contribution < -0.4 is 16.6 Å². The molecule has 0 spiro atoms. The number of thiazole rings is 1. The lowest BCUT2D eigenvalue weighted by molar-refractivity contribution is 0.0954. The maximum atomic E-state index is 13.1. The van der Waals surface area contributed by atoms with Crippen molar-refractivity contribution in [3.05, 3.63) is 94.1 Å². The van der Waals surface area contributed by atoms with Crippen LogP contribution in [0.5, 0.6) is 5.88 Å². The topological polar surface area (TPSA) is 106 Å². The number of halogens is 2. The molecule has 164 valence electrons. The number of carbonyl (C=O) groups excluding carboxylic acids is 1. The molecule has 32 heavy (non-hydrogen) atoms. The molecule has 0 bridgehead atoms. The Morgan fingerprint density at radius 3 is 2.59 bits per heavy atom. The van der Waals surface area contributed by atoms with Crippen LogP contribution in [-0.4, -0.2) is 25.0 Å². The van der Waals surface area contributed by atoms with E-state index in [4.69, 9.17) is 0 Å². The minimum atomic E-state index is -0.507. The SMILES string of the molecule is Cc1c(=O)n(Cc2ccc(Br)c(Br)c2)c(=O)n2cc(C(=O)NCc3ccc(O)nc3)sc12. The summed E-state index contributed by atoms with van der Waals surface area (Å²) >= 11 is 7.92. The quantitative estimate of drug-likeness (QED) is 0.377. The lowest BCUT2D eigenvalue weighted by Crippen LogP contribution is -2.38. The van der Waals surface area contributed by atoms with Gasteiger partial charge in [0.15, 0.2) is 0 Å². The normalized spacial score (nSPS) is 11.1. The molecule has 0 aliphatic rings. The first-order valence-corrected chi connectivity index (χ1v) is 11.8. The predicted molar refractivity (Wildman–Crippen MR) is 129 cm³/mol. The molecule has 2 N–H and O–H groups in total. The van der Waals surface area contributed by atoms with E-state index < -0.39 is 11.2 Å². The Morgan fingerprint density at radius 2 is 1.91 bits per heavy atom. The lowest BCUT2D eigenvalue weighted by Gasteiger charge is -2.08. The van der Waals surface area contributed by atoms with E-state index in [1.54, 1.807) is 13.0 Å². The van der Waals surface area contributed by atoms with Gasteiger partial charge in [0, 0.05) is 39.5 Å². The number of pyridine rings is 1. The predicted octanol–water partition coefficient (Wildman–Crippen LogP) is 3.44. The van der Waals surface area contributed by atoms with E-state index in [1.165, 1.54) is 22.9 Å². The van der Waals surface area contributed by atoms with Crippen molar-refractivity contribution in [2.75, 3.05) is 0 Å². The van der Waals surface area contributed by atoms with Gasteiger partial charge in [-0.05, 0) is 62.0 Å². The van der Waals surface area contributed by atoms with Crippen LogP contribution in [0.1, 0.15) is 26.4 Å². The molecule has 4 rings (SSSR count). The highest BCUT2D eigenvalue weighted by atomic mass is 79.9. The summed E-state index contributed by atoms with van der Waals surface area (Å²) in [7, 11) is 0. The number of hydrogen-bond donors (Lipinski definition) is 2. The first kappa shape index (κ1) is 22.4. The molecule has 4 aromatic rings. The number of fused-ring (bicyclic) bond motifs is 1. The molecule has 8 nitrogen and oxygen atoms in total. The minimum absolute atomic E-state index is 0.100. The summed E-state index contributed by atoms with van der Waals surface area (Å²) in [4.78, 5) is 43.1. The van der Waals surface area contributed by atoms with Crippen molar-refractivity contribution in [1.29, 1.82) is 0 Å². The summed E-state index contributed by atoms with van der Waals surface area (Å²) in [6.45, 7) is 1.96. The van der Waals surface area contributed by atoms with Gasteiger partial charge in [0.05, 0.1) is 6.54 Å². The van der Waals surface area contributed by atoms with E-state index in [2.05, 4.69) is 42.2 Å². The zero-order valence-electron chi connectivity index (χ0n) is 16.6. The monoisotopic (exact) mass is 578 g/mol. The highest BCUT2D eigenvalue weighted by Crippen LogP contribution is 2.24. The van der Waals surface area contributed by atoms with E-state index in [9.17, 15) is 19.5 Å². The van der Waals surface area contributed by atoms with Crippen LogP contribution in [0, 0.1) is 6.92 Å². The number of nitrogens with zero attached hydrogens (tertiary/aromatic N) is 3. The van der Waals surface area contributed by atoms with Gasteiger partial charge in [-0.15, -0.1) is 11.3 Å². The Balaban J connectivity index is 1.65. The van der Waals surface area contributed by atoms with Gasteiger partial charge in [0.1, 0.15) is 9.71 Å². The van der Waals surface area contributed by atoms with Gasteiger partial charge < -0.3 is 10.4 Å². The highest BCUT2D eigenvalue weighted by molar-refractivity contribution is 9.13. The van der Waals surface area contributed by atoms with E-state index >= 15 is 0 Å². The summed E-state index contributed by atoms with van der Waals surface area (Å²) in [5, 5.41) is 12.0. The molecule has 0 saturated heterocycles. The second kappa shape index (κ2) is 9.00.